The Balaban J connectivity index is 2.57. The summed E-state index contributed by atoms with van der Waals surface area (Å²) in [5, 5.41) is 10.9. The van der Waals surface area contributed by atoms with Crippen molar-refractivity contribution in [2.75, 3.05) is 0 Å². The zero-order chi connectivity index (χ0) is 10.1. The summed E-state index contributed by atoms with van der Waals surface area (Å²) in [5.74, 6) is -0.317. The number of sulfonamides is 1. The monoisotopic (exact) mass is 224 g/mol. The summed E-state index contributed by atoms with van der Waals surface area (Å²) in [6, 6.07) is 0. The van der Waals surface area contributed by atoms with Crippen molar-refractivity contribution in [3.05, 3.63) is 0 Å². The van der Waals surface area contributed by atoms with Crippen molar-refractivity contribution in [3.63, 3.8) is 0 Å². The molecule has 0 fully saturated rings. The Morgan fingerprint density at radius 3 is 2.77 bits per heavy atom. The Morgan fingerprint density at radius 2 is 2.38 bits per heavy atom. The van der Waals surface area contributed by atoms with Gasteiger partial charge in [-0.25, -0.2) is 13.6 Å². The number of thioether (sulfide) groups is 1. The van der Waals surface area contributed by atoms with E-state index in [1.807, 2.05) is 0 Å². The van der Waals surface area contributed by atoms with Crippen molar-refractivity contribution in [1.29, 1.82) is 0 Å². The molecule has 0 bridgehead atoms. The predicted octanol–water partition coefficient (Wildman–Crippen LogP) is -1.70. The number of nitrogens with two attached hydrogens (primary N) is 1. The Labute approximate surface area is 79.2 Å². The molecule has 0 aromatic heterocycles. The van der Waals surface area contributed by atoms with Gasteiger partial charge in [-0.05, 0) is 11.8 Å². The number of rotatable bonds is 1. The molecule has 7 nitrogen and oxygen atoms in total. The third-order valence-electron chi connectivity index (χ3n) is 1.07. The molecule has 74 valence electrons. The van der Waals surface area contributed by atoms with E-state index in [-0.39, 0.29) is 11.1 Å². The fourth-order valence-corrected chi connectivity index (χ4v) is 2.24. The molecule has 0 saturated heterocycles. The molecule has 1 aliphatic rings. The average Bonchev–Trinajstić information content (AvgIpc) is 2.32. The number of carbonyl (C=O) groups excluding carboxylic acids is 1. The second-order valence-corrected chi connectivity index (χ2v) is 5.31. The van der Waals surface area contributed by atoms with Crippen LogP contribution in [-0.2, 0) is 14.8 Å². The fraction of sp³-hybridized carbons (Fsp3) is 0.500. The highest BCUT2D eigenvalue weighted by molar-refractivity contribution is 8.22. The molecule has 9 heteroatoms. The lowest BCUT2D eigenvalue weighted by Gasteiger charge is -2.04. The van der Waals surface area contributed by atoms with Crippen LogP contribution in [0, 0.1) is 0 Å². The van der Waals surface area contributed by atoms with Crippen LogP contribution in [0.15, 0.2) is 5.10 Å². The molecule has 0 saturated carbocycles. The number of nitrogens with zero attached hydrogens (tertiary/aromatic N) is 1. The van der Waals surface area contributed by atoms with Gasteiger partial charge in [0.05, 0.1) is 0 Å². The van der Waals surface area contributed by atoms with Crippen molar-refractivity contribution in [2.45, 2.75) is 11.6 Å². The minimum absolute atomic E-state index is 0.200. The van der Waals surface area contributed by atoms with E-state index in [0.29, 0.717) is 0 Å². The first-order valence-electron chi connectivity index (χ1n) is 3.18. The van der Waals surface area contributed by atoms with Gasteiger partial charge < -0.3 is 5.32 Å². The van der Waals surface area contributed by atoms with Crippen LogP contribution in [0.4, 0.5) is 0 Å². The van der Waals surface area contributed by atoms with Gasteiger partial charge in [0.25, 0.3) is 0 Å². The van der Waals surface area contributed by atoms with Crippen LogP contribution < -0.4 is 15.9 Å². The van der Waals surface area contributed by atoms with E-state index in [1.54, 1.807) is 0 Å². The first-order valence-corrected chi connectivity index (χ1v) is 5.67. The van der Waals surface area contributed by atoms with Crippen LogP contribution in [0.3, 0.4) is 0 Å². The smallest absolute Gasteiger partial charge is 0.241 e. The highest BCUT2D eigenvalue weighted by atomic mass is 32.3. The molecular formula is C4H8N4O3S2. The van der Waals surface area contributed by atoms with Crippen molar-refractivity contribution in [1.82, 2.24) is 10.7 Å². The molecule has 0 radical (unpaired) electrons. The maximum absolute atomic E-state index is 10.8. The van der Waals surface area contributed by atoms with E-state index >= 15 is 0 Å². The Morgan fingerprint density at radius 1 is 1.77 bits per heavy atom. The Kier molecular flexibility index (Phi) is 2.78. The third-order valence-corrected chi connectivity index (χ3v) is 3.60. The standard InChI is InChI=1S/C4H8N4O3S2/c1-2(9)6-3-7-8-4(12-3)13(5,10)11/h4,8H,1H3,(H2,5,10,11)(H,6,7,9). The van der Waals surface area contributed by atoms with Gasteiger partial charge in [-0.1, -0.05) is 0 Å². The van der Waals surface area contributed by atoms with Gasteiger partial charge in [-0.15, -0.1) is 0 Å². The summed E-state index contributed by atoms with van der Waals surface area (Å²) in [5.41, 5.74) is 2.28. The summed E-state index contributed by atoms with van der Waals surface area (Å²) < 4.78 is 20.5. The summed E-state index contributed by atoms with van der Waals surface area (Å²) >= 11 is 0.840. The van der Waals surface area contributed by atoms with E-state index in [9.17, 15) is 13.2 Å². The van der Waals surface area contributed by atoms with Gasteiger partial charge in [-0.3, -0.25) is 10.2 Å². The number of amides is 1. The maximum atomic E-state index is 10.8. The van der Waals surface area contributed by atoms with Crippen LogP contribution in [0.25, 0.3) is 0 Å². The summed E-state index contributed by atoms with van der Waals surface area (Å²) in [6.07, 6.45) is 0. The molecule has 1 amide bonds. The molecule has 0 spiro atoms. The molecule has 1 unspecified atom stereocenters. The van der Waals surface area contributed by atoms with E-state index in [1.165, 1.54) is 6.92 Å². The number of hydrazone groups is 1. The molecule has 0 aromatic carbocycles. The zero-order valence-electron chi connectivity index (χ0n) is 6.64. The molecule has 1 rings (SSSR count). The van der Waals surface area contributed by atoms with Crippen LogP contribution in [0.1, 0.15) is 6.92 Å². The Bertz CT molecular complexity index is 348. The molecule has 4 N–H and O–H groups in total. The zero-order valence-corrected chi connectivity index (χ0v) is 8.28. The van der Waals surface area contributed by atoms with Crippen LogP contribution in [0.2, 0.25) is 0 Å². The van der Waals surface area contributed by atoms with E-state index < -0.39 is 14.7 Å². The van der Waals surface area contributed by atoms with Gasteiger partial charge in [0.15, 0.2) is 5.17 Å². The van der Waals surface area contributed by atoms with Crippen molar-refractivity contribution in [3.8, 4) is 0 Å². The normalized spacial score (nSPS) is 22.0. The first-order chi connectivity index (χ1) is 5.89. The molecule has 1 heterocycles. The van der Waals surface area contributed by atoms with Crippen molar-refractivity contribution < 1.29 is 13.2 Å². The topological polar surface area (TPSA) is 114 Å². The van der Waals surface area contributed by atoms with Gasteiger partial charge in [-0.2, -0.15) is 5.10 Å². The van der Waals surface area contributed by atoms with E-state index in [0.717, 1.165) is 11.8 Å². The third kappa shape index (κ3) is 2.86. The van der Waals surface area contributed by atoms with Gasteiger partial charge in [0.2, 0.25) is 20.6 Å². The number of hydrogen-bond donors (Lipinski definition) is 3. The number of amidine groups is 1. The Hall–Kier alpha value is -0.800. The quantitative estimate of drug-likeness (QED) is 0.491. The summed E-state index contributed by atoms with van der Waals surface area (Å²) in [6.45, 7) is 1.30. The molecule has 0 aliphatic carbocycles. The summed E-state index contributed by atoms with van der Waals surface area (Å²) in [4.78, 5) is 10.5. The van der Waals surface area contributed by atoms with Gasteiger partial charge in [0.1, 0.15) is 0 Å². The lowest BCUT2D eigenvalue weighted by molar-refractivity contribution is -0.117. The van der Waals surface area contributed by atoms with E-state index in [4.69, 9.17) is 5.14 Å². The van der Waals surface area contributed by atoms with E-state index in [2.05, 4.69) is 15.8 Å². The molecule has 13 heavy (non-hydrogen) atoms. The summed E-state index contributed by atoms with van der Waals surface area (Å²) in [7, 11) is -3.69. The molecule has 1 atom stereocenters. The second kappa shape index (κ2) is 3.52. The lowest BCUT2D eigenvalue weighted by Crippen LogP contribution is -2.33. The second-order valence-electron chi connectivity index (χ2n) is 2.27. The minimum atomic E-state index is -3.69. The van der Waals surface area contributed by atoms with Gasteiger partial charge >= 0.3 is 0 Å². The number of hydrogen-bond acceptors (Lipinski definition) is 6. The largest absolute Gasteiger partial charge is 0.304 e. The number of nitrogens with one attached hydrogen (secondary N) is 2. The highest BCUT2D eigenvalue weighted by Crippen LogP contribution is 2.18. The minimum Gasteiger partial charge on any atom is -0.304 e. The van der Waals surface area contributed by atoms with Crippen molar-refractivity contribution in [2.24, 2.45) is 10.2 Å². The van der Waals surface area contributed by atoms with Crippen molar-refractivity contribution >= 4 is 32.9 Å². The van der Waals surface area contributed by atoms with Gasteiger partial charge in [0, 0.05) is 6.92 Å². The lowest BCUT2D eigenvalue weighted by atomic mass is 10.7. The SMILES string of the molecule is CC(=O)NC1=NNC(S(N)(=O)=O)S1. The molecule has 1 aliphatic heterocycles. The predicted molar refractivity (Wildman–Crippen MR) is 48.9 cm³/mol. The molecular weight excluding hydrogens is 216 g/mol. The highest BCUT2D eigenvalue weighted by Gasteiger charge is 2.29. The molecule has 0 aromatic rings. The number of primary sulfonamides is 1. The maximum Gasteiger partial charge on any atom is 0.241 e. The van der Waals surface area contributed by atoms with Crippen LogP contribution in [0.5, 0.6) is 0 Å². The van der Waals surface area contributed by atoms with Crippen LogP contribution in [-0.4, -0.2) is 24.2 Å². The first kappa shape index (κ1) is 10.3. The fourth-order valence-electron chi connectivity index (χ4n) is 0.614. The average molecular weight is 224 g/mol. The number of carbonyl (C=O) groups is 1. The van der Waals surface area contributed by atoms with Crippen LogP contribution >= 0.6 is 11.8 Å².